The fraction of sp³-hybridized carbons (Fsp3) is 0.909. The molecule has 0 aromatic rings. The summed E-state index contributed by atoms with van der Waals surface area (Å²) in [6.07, 6.45) is 3.47. The lowest BCUT2D eigenvalue weighted by molar-refractivity contribution is -0.318. The Morgan fingerprint density at radius 3 is 2.40 bits per heavy atom. The quantitative estimate of drug-likeness (QED) is 0.284. The Bertz CT molecular complexity index is 177. The van der Waals surface area contributed by atoms with Crippen LogP contribution in [-0.4, -0.2) is 18.4 Å². The smallest absolute Gasteiger partial charge is 0.433 e. The van der Waals surface area contributed by atoms with Gasteiger partial charge in [-0.3, -0.25) is 4.89 Å². The van der Waals surface area contributed by atoms with E-state index in [1.807, 2.05) is 13.8 Å². The summed E-state index contributed by atoms with van der Waals surface area (Å²) < 4.78 is 4.58. The molecule has 0 spiro atoms. The van der Waals surface area contributed by atoms with E-state index in [0.717, 1.165) is 25.7 Å². The average molecular weight is 218 g/mol. The molecule has 4 heteroatoms. The molecule has 15 heavy (non-hydrogen) atoms. The second-order valence-corrected chi connectivity index (χ2v) is 4.07. The number of hydrogen-bond donors (Lipinski definition) is 0. The Hall–Kier alpha value is -0.770. The summed E-state index contributed by atoms with van der Waals surface area (Å²) in [7, 11) is 0. The first-order valence-corrected chi connectivity index (χ1v) is 5.54. The number of rotatable bonds is 7. The van der Waals surface area contributed by atoms with Crippen LogP contribution in [0.25, 0.3) is 0 Å². The molecule has 0 aliphatic heterocycles. The second-order valence-electron chi connectivity index (χ2n) is 4.07. The van der Waals surface area contributed by atoms with E-state index in [-0.39, 0.29) is 0 Å². The third-order valence-electron chi connectivity index (χ3n) is 1.98. The van der Waals surface area contributed by atoms with Gasteiger partial charge in [0, 0.05) is 0 Å². The van der Waals surface area contributed by atoms with Gasteiger partial charge in [-0.1, -0.05) is 26.2 Å². The minimum Gasteiger partial charge on any atom is -0.433 e. The van der Waals surface area contributed by atoms with Gasteiger partial charge in [0.25, 0.3) is 0 Å². The molecule has 4 nitrogen and oxygen atoms in total. The molecule has 0 saturated heterocycles. The van der Waals surface area contributed by atoms with Crippen molar-refractivity contribution in [2.75, 3.05) is 6.61 Å². The molecule has 0 heterocycles. The van der Waals surface area contributed by atoms with Crippen molar-refractivity contribution in [2.45, 2.75) is 59.0 Å². The summed E-state index contributed by atoms with van der Waals surface area (Å²) in [5.41, 5.74) is -0.443. The van der Waals surface area contributed by atoms with Gasteiger partial charge in [0.05, 0.1) is 6.61 Å². The molecule has 0 radical (unpaired) electrons. The predicted octanol–water partition coefficient (Wildman–Crippen LogP) is 3.45. The van der Waals surface area contributed by atoms with Crippen molar-refractivity contribution < 1.29 is 19.3 Å². The second kappa shape index (κ2) is 7.51. The SMILES string of the molecule is CCCCCC(C)(C)OOC(=O)OCC. The Morgan fingerprint density at radius 1 is 1.20 bits per heavy atom. The fourth-order valence-corrected chi connectivity index (χ4v) is 1.13. The zero-order valence-corrected chi connectivity index (χ0v) is 10.2. The van der Waals surface area contributed by atoms with Crippen molar-refractivity contribution in [3.8, 4) is 0 Å². The van der Waals surface area contributed by atoms with E-state index in [2.05, 4.69) is 16.5 Å². The van der Waals surface area contributed by atoms with Crippen molar-refractivity contribution >= 4 is 6.16 Å². The van der Waals surface area contributed by atoms with Crippen molar-refractivity contribution in [3.63, 3.8) is 0 Å². The summed E-state index contributed by atoms with van der Waals surface area (Å²) in [6.45, 7) is 7.93. The van der Waals surface area contributed by atoms with Crippen LogP contribution in [0, 0.1) is 0 Å². The van der Waals surface area contributed by atoms with Crippen LogP contribution in [0.4, 0.5) is 4.79 Å². The molecule has 90 valence electrons. The Kier molecular flexibility index (Phi) is 7.13. The average Bonchev–Trinajstić information content (AvgIpc) is 2.16. The molecule has 0 aliphatic carbocycles. The van der Waals surface area contributed by atoms with E-state index < -0.39 is 11.8 Å². The maximum Gasteiger partial charge on any atom is 0.540 e. The van der Waals surface area contributed by atoms with Crippen LogP contribution >= 0.6 is 0 Å². The maximum absolute atomic E-state index is 10.9. The van der Waals surface area contributed by atoms with Gasteiger partial charge in [0.15, 0.2) is 0 Å². The van der Waals surface area contributed by atoms with Gasteiger partial charge in [-0.2, -0.15) is 4.89 Å². The predicted molar refractivity (Wildman–Crippen MR) is 57.4 cm³/mol. The zero-order valence-electron chi connectivity index (χ0n) is 10.2. The van der Waals surface area contributed by atoms with Crippen molar-refractivity contribution in [2.24, 2.45) is 0 Å². The highest BCUT2D eigenvalue weighted by Gasteiger charge is 2.21. The van der Waals surface area contributed by atoms with Gasteiger partial charge in [-0.05, 0) is 27.2 Å². The van der Waals surface area contributed by atoms with Crippen molar-refractivity contribution in [1.82, 2.24) is 0 Å². The van der Waals surface area contributed by atoms with Gasteiger partial charge in [-0.15, -0.1) is 0 Å². The molecule has 0 unspecified atom stereocenters. The normalized spacial score (nSPS) is 11.2. The molecule has 0 rings (SSSR count). The number of carbonyl (C=O) groups is 1. The van der Waals surface area contributed by atoms with Crippen molar-refractivity contribution in [1.29, 1.82) is 0 Å². The van der Waals surface area contributed by atoms with Crippen LogP contribution in [0.1, 0.15) is 53.4 Å². The number of carbonyl (C=O) groups excluding carboxylic acids is 1. The molecule has 0 amide bonds. The van der Waals surface area contributed by atoms with Gasteiger partial charge in [-0.25, -0.2) is 4.79 Å². The van der Waals surface area contributed by atoms with Gasteiger partial charge < -0.3 is 4.74 Å². The van der Waals surface area contributed by atoms with E-state index in [0.29, 0.717) is 6.61 Å². The molecule has 0 aromatic carbocycles. The number of hydrogen-bond acceptors (Lipinski definition) is 4. The molecule has 0 aliphatic rings. The molecule has 0 fully saturated rings. The summed E-state index contributed by atoms with van der Waals surface area (Å²) >= 11 is 0. The first kappa shape index (κ1) is 14.2. The third kappa shape index (κ3) is 8.24. The zero-order chi connectivity index (χ0) is 11.7. The Labute approximate surface area is 91.8 Å². The standard InChI is InChI=1S/C11H22O4/c1-5-7-8-9-11(3,4)15-14-10(12)13-6-2/h5-9H2,1-4H3. The summed E-state index contributed by atoms with van der Waals surface area (Å²) in [4.78, 5) is 20.4. The fourth-order valence-electron chi connectivity index (χ4n) is 1.13. The highest BCUT2D eigenvalue weighted by Crippen LogP contribution is 2.19. The minimum absolute atomic E-state index is 0.290. The third-order valence-corrected chi connectivity index (χ3v) is 1.98. The summed E-state index contributed by atoms with van der Waals surface area (Å²) in [6, 6.07) is 0. The Balaban J connectivity index is 3.67. The van der Waals surface area contributed by atoms with E-state index in [1.165, 1.54) is 0 Å². The lowest BCUT2D eigenvalue weighted by Gasteiger charge is -2.22. The highest BCUT2D eigenvalue weighted by atomic mass is 17.2. The van der Waals surface area contributed by atoms with E-state index in [9.17, 15) is 4.79 Å². The van der Waals surface area contributed by atoms with Crippen molar-refractivity contribution in [3.05, 3.63) is 0 Å². The largest absolute Gasteiger partial charge is 0.540 e. The van der Waals surface area contributed by atoms with E-state index >= 15 is 0 Å². The lowest BCUT2D eigenvalue weighted by atomic mass is 10.0. The number of ether oxygens (including phenoxy) is 1. The molecule has 0 saturated carbocycles. The van der Waals surface area contributed by atoms with Crippen LogP contribution in [0.15, 0.2) is 0 Å². The topological polar surface area (TPSA) is 44.8 Å². The monoisotopic (exact) mass is 218 g/mol. The van der Waals surface area contributed by atoms with E-state index in [1.54, 1.807) is 6.92 Å². The Morgan fingerprint density at radius 2 is 1.87 bits per heavy atom. The van der Waals surface area contributed by atoms with Crippen LogP contribution in [0.2, 0.25) is 0 Å². The molecular formula is C11H22O4. The molecule has 0 bridgehead atoms. The molecule has 0 N–H and O–H groups in total. The van der Waals surface area contributed by atoms with Crippen LogP contribution in [-0.2, 0) is 14.5 Å². The maximum atomic E-state index is 10.9. The first-order chi connectivity index (χ1) is 7.02. The van der Waals surface area contributed by atoms with Gasteiger partial charge >= 0.3 is 6.16 Å². The van der Waals surface area contributed by atoms with Crippen LogP contribution in [0.5, 0.6) is 0 Å². The lowest BCUT2D eigenvalue weighted by Crippen LogP contribution is -2.26. The van der Waals surface area contributed by atoms with Crippen LogP contribution < -0.4 is 0 Å². The summed E-state index contributed by atoms with van der Waals surface area (Å²) in [5, 5.41) is 0. The van der Waals surface area contributed by atoms with E-state index in [4.69, 9.17) is 4.89 Å². The molecule has 0 atom stereocenters. The summed E-state index contributed by atoms with van der Waals surface area (Å²) in [5.74, 6) is 0. The number of unbranched alkanes of at least 4 members (excludes halogenated alkanes) is 2. The van der Waals surface area contributed by atoms with Crippen LogP contribution in [0.3, 0.4) is 0 Å². The molecule has 0 aromatic heterocycles. The van der Waals surface area contributed by atoms with Gasteiger partial charge in [0.1, 0.15) is 5.60 Å². The molecular weight excluding hydrogens is 196 g/mol. The first-order valence-electron chi connectivity index (χ1n) is 5.54. The highest BCUT2D eigenvalue weighted by molar-refractivity contribution is 5.58. The minimum atomic E-state index is -0.777. The van der Waals surface area contributed by atoms with Gasteiger partial charge in [0.2, 0.25) is 0 Å².